The molecule has 27 heavy (non-hydrogen) atoms. The second-order valence-electron chi connectivity index (χ2n) is 6.78. The van der Waals surface area contributed by atoms with Gasteiger partial charge in [0.15, 0.2) is 5.96 Å². The number of aromatic nitrogens is 2. The van der Waals surface area contributed by atoms with Crippen molar-refractivity contribution in [3.63, 3.8) is 0 Å². The monoisotopic (exact) mass is 483 g/mol. The fraction of sp³-hybridized carbons (Fsp3) is 0.500. The minimum absolute atomic E-state index is 0. The van der Waals surface area contributed by atoms with Crippen LogP contribution in [0.4, 0.5) is 0 Å². The van der Waals surface area contributed by atoms with Crippen molar-refractivity contribution < 1.29 is 4.74 Å². The van der Waals surface area contributed by atoms with Gasteiger partial charge in [-0.25, -0.2) is 4.68 Å². The summed E-state index contributed by atoms with van der Waals surface area (Å²) >= 11 is 0. The summed E-state index contributed by atoms with van der Waals surface area (Å²) in [6.45, 7) is 3.60. The van der Waals surface area contributed by atoms with Gasteiger partial charge in [0, 0.05) is 52.8 Å². The summed E-state index contributed by atoms with van der Waals surface area (Å²) < 4.78 is 7.30. The molecule has 1 aromatic heterocycles. The number of benzene rings is 1. The molecule has 0 spiro atoms. The lowest BCUT2D eigenvalue weighted by atomic mass is 9.96. The van der Waals surface area contributed by atoms with E-state index in [-0.39, 0.29) is 24.0 Å². The zero-order valence-electron chi connectivity index (χ0n) is 16.2. The van der Waals surface area contributed by atoms with Gasteiger partial charge in [0.1, 0.15) is 0 Å². The molecular weight excluding hydrogens is 453 g/mol. The Morgan fingerprint density at radius 2 is 2.04 bits per heavy atom. The Morgan fingerprint density at radius 3 is 2.67 bits per heavy atom. The number of guanidine groups is 1. The largest absolute Gasteiger partial charge is 0.381 e. The van der Waals surface area contributed by atoms with Crippen molar-refractivity contribution >= 4 is 29.9 Å². The molecule has 0 bridgehead atoms. The first-order chi connectivity index (χ1) is 12.8. The Balaban J connectivity index is 0.00000261. The second-order valence-corrected chi connectivity index (χ2v) is 6.78. The minimum atomic E-state index is 0. The Morgan fingerprint density at radius 1 is 1.30 bits per heavy atom. The Labute approximate surface area is 179 Å². The average molecular weight is 483 g/mol. The van der Waals surface area contributed by atoms with E-state index in [0.29, 0.717) is 0 Å². The average Bonchev–Trinajstić information content (AvgIpc) is 3.23. The first-order valence-electron chi connectivity index (χ1n) is 9.35. The number of aliphatic imine (C=N–C) groups is 1. The molecule has 3 rings (SSSR count). The van der Waals surface area contributed by atoms with Gasteiger partial charge in [0.2, 0.25) is 0 Å². The number of hydrogen-bond acceptors (Lipinski definition) is 3. The maximum atomic E-state index is 5.44. The molecule has 0 atom stereocenters. The summed E-state index contributed by atoms with van der Waals surface area (Å²) in [6, 6.07) is 10.3. The number of ether oxygens (including phenoxy) is 1. The van der Waals surface area contributed by atoms with Crippen molar-refractivity contribution in [3.8, 4) is 5.69 Å². The third kappa shape index (κ3) is 6.49. The Bertz CT molecular complexity index is 681. The molecule has 7 heteroatoms. The molecule has 0 saturated carbocycles. The lowest BCUT2D eigenvalue weighted by Crippen LogP contribution is -2.39. The van der Waals surface area contributed by atoms with Crippen molar-refractivity contribution in [2.24, 2.45) is 10.9 Å². The summed E-state index contributed by atoms with van der Waals surface area (Å²) in [5.74, 6) is 1.72. The van der Waals surface area contributed by atoms with E-state index in [0.717, 1.165) is 43.9 Å². The van der Waals surface area contributed by atoms with Crippen LogP contribution >= 0.6 is 24.0 Å². The van der Waals surface area contributed by atoms with Crippen molar-refractivity contribution in [1.82, 2.24) is 20.0 Å². The molecule has 1 fully saturated rings. The van der Waals surface area contributed by atoms with E-state index in [1.807, 2.05) is 24.0 Å². The van der Waals surface area contributed by atoms with E-state index < -0.39 is 0 Å². The number of halogens is 1. The highest BCUT2D eigenvalue weighted by atomic mass is 127. The van der Waals surface area contributed by atoms with E-state index >= 15 is 0 Å². The van der Waals surface area contributed by atoms with Crippen molar-refractivity contribution in [1.29, 1.82) is 0 Å². The van der Waals surface area contributed by atoms with Gasteiger partial charge in [0.05, 0.1) is 5.69 Å². The maximum Gasteiger partial charge on any atom is 0.193 e. The van der Waals surface area contributed by atoms with Crippen LogP contribution in [0.2, 0.25) is 0 Å². The third-order valence-corrected chi connectivity index (χ3v) is 4.94. The zero-order valence-corrected chi connectivity index (χ0v) is 18.5. The van der Waals surface area contributed by atoms with Gasteiger partial charge in [-0.2, -0.15) is 5.10 Å². The van der Waals surface area contributed by atoms with E-state index in [9.17, 15) is 0 Å². The van der Waals surface area contributed by atoms with E-state index in [2.05, 4.69) is 51.6 Å². The standard InChI is InChI=1S/C20H29N5O.HI/c1-21-20(24(2)13-8-17-9-14-26-15-10-17)22-16-18-4-6-19(7-5-18)25-12-3-11-23-25;/h3-7,11-12,17H,8-10,13-16H2,1-2H3,(H,21,22);1H. The number of rotatable bonds is 6. The summed E-state index contributed by atoms with van der Waals surface area (Å²) in [7, 11) is 3.95. The SMILES string of the molecule is CN=C(NCc1ccc(-n2cccn2)cc1)N(C)CCC1CCOCC1.I. The van der Waals surface area contributed by atoms with Crippen LogP contribution in [0.5, 0.6) is 0 Å². The molecule has 2 heterocycles. The van der Waals surface area contributed by atoms with Gasteiger partial charge in [0.25, 0.3) is 0 Å². The number of nitrogens with zero attached hydrogens (tertiary/aromatic N) is 4. The summed E-state index contributed by atoms with van der Waals surface area (Å²) in [4.78, 5) is 6.63. The van der Waals surface area contributed by atoms with E-state index in [1.54, 1.807) is 6.20 Å². The highest BCUT2D eigenvalue weighted by Crippen LogP contribution is 2.18. The number of nitrogens with one attached hydrogen (secondary N) is 1. The van der Waals surface area contributed by atoms with Crippen molar-refractivity contribution in [3.05, 3.63) is 48.3 Å². The van der Waals surface area contributed by atoms with Crippen molar-refractivity contribution in [2.75, 3.05) is 33.9 Å². The topological polar surface area (TPSA) is 54.7 Å². The maximum absolute atomic E-state index is 5.44. The van der Waals surface area contributed by atoms with Gasteiger partial charge in [-0.05, 0) is 48.9 Å². The molecule has 0 unspecified atom stereocenters. The first kappa shape index (κ1) is 21.7. The summed E-state index contributed by atoms with van der Waals surface area (Å²) in [5.41, 5.74) is 2.29. The Hall–Kier alpha value is -1.61. The van der Waals surface area contributed by atoms with Gasteiger partial charge >= 0.3 is 0 Å². The Kier molecular flexibility index (Phi) is 9.06. The summed E-state index contributed by atoms with van der Waals surface area (Å²) in [6.07, 6.45) is 7.29. The predicted molar refractivity (Wildman–Crippen MR) is 120 cm³/mol. The molecule has 1 aliphatic heterocycles. The van der Waals surface area contributed by atoms with Crippen LogP contribution in [0.3, 0.4) is 0 Å². The normalized spacial score (nSPS) is 15.3. The predicted octanol–water partition coefficient (Wildman–Crippen LogP) is 3.31. The van der Waals surface area contributed by atoms with Crippen LogP contribution in [0.25, 0.3) is 5.69 Å². The fourth-order valence-electron chi connectivity index (χ4n) is 3.27. The van der Waals surface area contributed by atoms with Crippen LogP contribution in [0.1, 0.15) is 24.8 Å². The van der Waals surface area contributed by atoms with Gasteiger partial charge < -0.3 is 15.0 Å². The van der Waals surface area contributed by atoms with Crippen LogP contribution in [0, 0.1) is 5.92 Å². The van der Waals surface area contributed by atoms with Crippen LogP contribution < -0.4 is 5.32 Å². The van der Waals surface area contributed by atoms with Gasteiger partial charge in [-0.3, -0.25) is 4.99 Å². The lowest BCUT2D eigenvalue weighted by molar-refractivity contribution is 0.0625. The van der Waals surface area contributed by atoms with Crippen LogP contribution in [0.15, 0.2) is 47.7 Å². The molecule has 2 aromatic rings. The molecule has 1 aliphatic rings. The van der Waals surface area contributed by atoms with Crippen molar-refractivity contribution in [2.45, 2.75) is 25.8 Å². The van der Waals surface area contributed by atoms with E-state index in [1.165, 1.54) is 24.8 Å². The zero-order chi connectivity index (χ0) is 18.2. The smallest absolute Gasteiger partial charge is 0.193 e. The van der Waals surface area contributed by atoms with Gasteiger partial charge in [-0.15, -0.1) is 24.0 Å². The van der Waals surface area contributed by atoms with Crippen LogP contribution in [-0.4, -0.2) is 54.5 Å². The molecule has 1 aromatic carbocycles. The molecule has 6 nitrogen and oxygen atoms in total. The molecule has 148 valence electrons. The quantitative estimate of drug-likeness (QED) is 0.389. The molecular formula is C20H30IN5O. The van der Waals surface area contributed by atoms with Gasteiger partial charge in [-0.1, -0.05) is 12.1 Å². The minimum Gasteiger partial charge on any atom is -0.381 e. The molecule has 0 radical (unpaired) electrons. The molecule has 1 saturated heterocycles. The number of hydrogen-bond donors (Lipinski definition) is 1. The van der Waals surface area contributed by atoms with Crippen LogP contribution in [-0.2, 0) is 11.3 Å². The highest BCUT2D eigenvalue weighted by molar-refractivity contribution is 14.0. The molecule has 0 amide bonds. The fourth-order valence-corrected chi connectivity index (χ4v) is 3.27. The lowest BCUT2D eigenvalue weighted by Gasteiger charge is -2.26. The molecule has 0 aliphatic carbocycles. The van der Waals surface area contributed by atoms with E-state index in [4.69, 9.17) is 4.74 Å². The molecule has 1 N–H and O–H groups in total. The highest BCUT2D eigenvalue weighted by Gasteiger charge is 2.15. The third-order valence-electron chi connectivity index (χ3n) is 4.94. The summed E-state index contributed by atoms with van der Waals surface area (Å²) in [5, 5.41) is 7.71. The first-order valence-corrected chi connectivity index (χ1v) is 9.35. The second kappa shape index (κ2) is 11.3.